The Morgan fingerprint density at radius 2 is 1.73 bits per heavy atom. The van der Waals surface area contributed by atoms with E-state index in [1.807, 2.05) is 28.4 Å². The van der Waals surface area contributed by atoms with Gasteiger partial charge in [0.05, 0.1) is 17.0 Å². The van der Waals surface area contributed by atoms with Gasteiger partial charge >= 0.3 is 67.9 Å². The van der Waals surface area contributed by atoms with Crippen LogP contribution in [0.5, 0.6) is 5.75 Å². The Bertz CT molecular complexity index is 1200. The first-order valence-corrected chi connectivity index (χ1v) is 29.1. The van der Waals surface area contributed by atoms with Gasteiger partial charge in [-0.2, -0.15) is 0 Å². The zero-order valence-electron chi connectivity index (χ0n) is 16.8. The number of benzene rings is 2. The van der Waals surface area contributed by atoms with Crippen molar-refractivity contribution in [2.75, 3.05) is 6.61 Å². The van der Waals surface area contributed by atoms with Gasteiger partial charge in [-0.3, -0.25) is 10.1 Å². The normalized spacial score (nSPS) is 14.9. The molecule has 0 atom stereocenters. The predicted octanol–water partition coefficient (Wildman–Crippen LogP) is 6.96. The standard InChI is InChI=1S/C18H16ClN4O3.6ClH.Sb/c1-2-17-20-18-9-10-26-16-8-3-12(19)11-15(16)22(18)21(17)13-4-6-14(7-5-13)23(24)25;;;;;;;/h3-8,11H,2,9-10H2,1H3;6*1H;/q+1;;;;;;;+5/p-6. The van der Waals surface area contributed by atoms with Crippen LogP contribution < -0.4 is 9.42 Å². The van der Waals surface area contributed by atoms with E-state index in [1.54, 1.807) is 18.2 Å². The van der Waals surface area contributed by atoms with Crippen LogP contribution in [-0.2, 0) is 12.8 Å². The summed E-state index contributed by atoms with van der Waals surface area (Å²) in [5.41, 5.74) is 1.64. The quantitative estimate of drug-likeness (QED) is 0.128. The van der Waals surface area contributed by atoms with E-state index in [2.05, 4.69) is 0 Å². The van der Waals surface area contributed by atoms with Crippen molar-refractivity contribution < 1.29 is 14.3 Å². The average Bonchev–Trinajstić information content (AvgIpc) is 2.96. The van der Waals surface area contributed by atoms with Crippen molar-refractivity contribution in [1.29, 1.82) is 0 Å². The predicted molar refractivity (Wildman–Crippen MR) is 136 cm³/mol. The number of hydrogen-bond acceptors (Lipinski definition) is 4. The number of nitro benzene ring substituents is 1. The Hall–Kier alpha value is -0.372. The molecule has 0 aliphatic carbocycles. The van der Waals surface area contributed by atoms with E-state index in [0.717, 1.165) is 28.8 Å². The SMILES string of the molecule is CCc1nc2[n+](n1-c1ccc([N+](=O)[O-])cc1)-c1cc(Cl)ccc1OCC2.[Cl][Sb-]([Cl])([Cl])([Cl])([Cl])[Cl]. The summed E-state index contributed by atoms with van der Waals surface area (Å²) in [6.07, 6.45) is 1.37. The monoisotopic (exact) mass is 702 g/mol. The summed E-state index contributed by atoms with van der Waals surface area (Å²) in [4.78, 5) is 15.3. The summed E-state index contributed by atoms with van der Waals surface area (Å²) in [6, 6.07) is 11.9. The molecule has 7 nitrogen and oxygen atoms in total. The van der Waals surface area contributed by atoms with Crippen LogP contribution in [0.25, 0.3) is 11.4 Å². The third kappa shape index (κ3) is 8.08. The number of hydrogen-bond donors (Lipinski definition) is 0. The number of halogens is 7. The Labute approximate surface area is 214 Å². The fraction of sp³-hybridized carbons (Fsp3) is 0.222. The van der Waals surface area contributed by atoms with Crippen LogP contribution in [0.4, 0.5) is 5.69 Å². The van der Waals surface area contributed by atoms with Gasteiger partial charge in [0.25, 0.3) is 11.5 Å². The number of ether oxygens (including phenoxy) is 1. The summed E-state index contributed by atoms with van der Waals surface area (Å²) in [5, 5.41) is 11.6. The van der Waals surface area contributed by atoms with Gasteiger partial charge in [0.15, 0.2) is 11.4 Å². The third-order valence-corrected chi connectivity index (χ3v) is 4.54. The van der Waals surface area contributed by atoms with E-state index in [-0.39, 0.29) is 5.69 Å². The van der Waals surface area contributed by atoms with Crippen molar-refractivity contribution in [3.8, 4) is 17.1 Å². The number of aromatic nitrogens is 3. The number of rotatable bonds is 3. The van der Waals surface area contributed by atoms with Crippen molar-refractivity contribution >= 4 is 79.4 Å². The van der Waals surface area contributed by atoms with E-state index < -0.39 is 14.1 Å². The fourth-order valence-electron chi connectivity index (χ4n) is 3.12. The Balaban J connectivity index is 0.000000383. The molecular formula is C18H16Cl7N4O3Sb. The van der Waals surface area contributed by atoms with E-state index in [1.165, 1.54) is 12.1 Å². The van der Waals surface area contributed by atoms with Crippen LogP contribution in [0, 0.1) is 10.1 Å². The summed E-state index contributed by atoms with van der Waals surface area (Å²) in [7, 11) is 25.0. The van der Waals surface area contributed by atoms with Crippen molar-refractivity contribution in [2.45, 2.75) is 19.8 Å². The second-order valence-corrected chi connectivity index (χ2v) is 64.2. The number of non-ortho nitro benzene ring substituents is 1. The zero-order valence-corrected chi connectivity index (χ0v) is 24.6. The summed E-state index contributed by atoms with van der Waals surface area (Å²) >= 11 is 6.22. The van der Waals surface area contributed by atoms with E-state index in [4.69, 9.17) is 74.3 Å². The van der Waals surface area contributed by atoms with Gasteiger partial charge in [0.2, 0.25) is 0 Å². The maximum atomic E-state index is 11.0. The van der Waals surface area contributed by atoms with Crippen molar-refractivity contribution in [2.24, 2.45) is 0 Å². The number of aryl methyl sites for hydroxylation is 1. The van der Waals surface area contributed by atoms with Gasteiger partial charge in [-0.25, -0.2) is 0 Å². The van der Waals surface area contributed by atoms with Gasteiger partial charge < -0.3 is 4.74 Å². The molecule has 1 aromatic heterocycles. The van der Waals surface area contributed by atoms with Crippen molar-refractivity contribution in [3.05, 3.63) is 69.3 Å². The first kappa shape index (κ1) is 27.2. The molecule has 3 aromatic rings. The minimum absolute atomic E-state index is 0.0507. The molecule has 33 heavy (non-hydrogen) atoms. The summed E-state index contributed by atoms with van der Waals surface area (Å²) in [6.45, 7) is 2.55. The first-order chi connectivity index (χ1) is 15.0. The number of nitro groups is 1. The zero-order chi connectivity index (χ0) is 24.7. The molecule has 15 heteroatoms. The molecule has 0 saturated carbocycles. The molecule has 0 radical (unpaired) electrons. The molecule has 0 spiro atoms. The van der Waals surface area contributed by atoms with Crippen LogP contribution >= 0.6 is 64.6 Å². The van der Waals surface area contributed by atoms with Gasteiger partial charge in [-0.15, -0.1) is 9.36 Å². The number of fused-ring (bicyclic) bond motifs is 3. The average molecular weight is 706 g/mol. The molecule has 0 bridgehead atoms. The molecule has 2 heterocycles. The molecule has 4 rings (SSSR count). The van der Waals surface area contributed by atoms with Crippen molar-refractivity contribution in [3.63, 3.8) is 0 Å². The van der Waals surface area contributed by atoms with E-state index in [9.17, 15) is 10.1 Å². The van der Waals surface area contributed by atoms with Crippen molar-refractivity contribution in [1.82, 2.24) is 9.67 Å². The summed E-state index contributed by atoms with van der Waals surface area (Å²) in [5.74, 6) is 2.45. The van der Waals surface area contributed by atoms with Gasteiger partial charge in [0.1, 0.15) is 6.61 Å². The molecule has 0 amide bonds. The van der Waals surface area contributed by atoms with E-state index in [0.29, 0.717) is 24.5 Å². The fourth-order valence-corrected chi connectivity index (χ4v) is 3.29. The molecule has 1 aliphatic rings. The van der Waals surface area contributed by atoms with Gasteiger partial charge in [0, 0.05) is 29.6 Å². The van der Waals surface area contributed by atoms with Gasteiger partial charge in [-0.1, -0.05) is 18.5 Å². The first-order valence-electron chi connectivity index (χ1n) is 9.30. The maximum absolute atomic E-state index is 11.0. The molecule has 2 aromatic carbocycles. The van der Waals surface area contributed by atoms with Crippen LogP contribution in [0.15, 0.2) is 42.5 Å². The van der Waals surface area contributed by atoms with Crippen LogP contribution in [0.2, 0.25) is 5.02 Å². The van der Waals surface area contributed by atoms with Crippen LogP contribution in [-0.4, -0.2) is 30.3 Å². The Morgan fingerprint density at radius 1 is 1.12 bits per heavy atom. The summed E-state index contributed by atoms with van der Waals surface area (Å²) < 4.78 is 9.78. The minimum atomic E-state index is -5.42. The Kier molecular flexibility index (Phi) is 7.63. The topological polar surface area (TPSA) is 74.1 Å². The van der Waals surface area contributed by atoms with Crippen LogP contribution in [0.3, 0.4) is 0 Å². The molecule has 1 aliphatic heterocycles. The Morgan fingerprint density at radius 3 is 2.27 bits per heavy atom. The molecule has 0 N–H and O–H groups in total. The molecule has 180 valence electrons. The third-order valence-electron chi connectivity index (χ3n) is 4.30. The molecular weight excluding hydrogens is 690 g/mol. The molecule has 0 unspecified atom stereocenters. The molecule has 0 fully saturated rings. The van der Waals surface area contributed by atoms with Crippen LogP contribution in [0.1, 0.15) is 18.6 Å². The second kappa shape index (κ2) is 9.25. The number of nitrogens with zero attached hydrogens (tertiary/aromatic N) is 4. The van der Waals surface area contributed by atoms with E-state index >= 15 is 0 Å². The van der Waals surface area contributed by atoms with Gasteiger partial charge in [-0.05, 0) is 29.2 Å². The second-order valence-electron chi connectivity index (χ2n) is 6.86. The molecule has 0 saturated heterocycles.